The number of nitrogens with one attached hydrogen (secondary N) is 2. The third-order valence-electron chi connectivity index (χ3n) is 4.30. The zero-order valence-corrected chi connectivity index (χ0v) is 15.0. The van der Waals surface area contributed by atoms with Crippen LogP contribution in [-0.4, -0.2) is 33.7 Å². The number of rotatable bonds is 4. The molecule has 144 valence electrons. The Morgan fingerprint density at radius 3 is 2.43 bits per heavy atom. The van der Waals surface area contributed by atoms with Crippen molar-refractivity contribution in [2.75, 3.05) is 5.32 Å². The molecule has 3 aromatic rings. The van der Waals surface area contributed by atoms with Crippen molar-refractivity contribution >= 4 is 38.6 Å². The summed E-state index contributed by atoms with van der Waals surface area (Å²) in [7, 11) is 0. The molecular formula is C18H13F3N4O2S. The first-order valence-corrected chi connectivity index (χ1v) is 9.00. The van der Waals surface area contributed by atoms with Crippen molar-refractivity contribution in [3.8, 4) is 0 Å². The molecule has 2 heterocycles. The van der Waals surface area contributed by atoms with Crippen molar-refractivity contribution in [2.45, 2.75) is 18.4 Å². The fourth-order valence-corrected chi connectivity index (χ4v) is 3.84. The van der Waals surface area contributed by atoms with Gasteiger partial charge >= 0.3 is 12.2 Å². The van der Waals surface area contributed by atoms with E-state index >= 15 is 0 Å². The van der Waals surface area contributed by atoms with Gasteiger partial charge in [0.1, 0.15) is 0 Å². The molecule has 2 N–H and O–H groups in total. The van der Waals surface area contributed by atoms with E-state index in [-0.39, 0.29) is 11.7 Å². The number of imide groups is 1. The highest BCUT2D eigenvalue weighted by molar-refractivity contribution is 7.22. The average Bonchev–Trinajstić information content (AvgIpc) is 3.16. The van der Waals surface area contributed by atoms with Crippen molar-refractivity contribution in [3.05, 3.63) is 60.2 Å². The monoisotopic (exact) mass is 406 g/mol. The Kier molecular flexibility index (Phi) is 4.22. The van der Waals surface area contributed by atoms with E-state index in [0.29, 0.717) is 20.7 Å². The second-order valence-corrected chi connectivity index (χ2v) is 7.20. The molecule has 1 saturated heterocycles. The molecule has 4 rings (SSSR count). The van der Waals surface area contributed by atoms with Crippen LogP contribution < -0.4 is 10.6 Å². The molecule has 0 saturated carbocycles. The minimum Gasteiger partial charge on any atom is -0.323 e. The Morgan fingerprint density at radius 1 is 1.07 bits per heavy atom. The normalized spacial score (nSPS) is 19.9. The summed E-state index contributed by atoms with van der Waals surface area (Å²) < 4.78 is 42.5. The van der Waals surface area contributed by atoms with Crippen molar-refractivity contribution in [2.24, 2.45) is 0 Å². The number of aromatic nitrogens is 1. The summed E-state index contributed by atoms with van der Waals surface area (Å²) in [5.74, 6) is -1.42. The summed E-state index contributed by atoms with van der Waals surface area (Å²) in [5.41, 5.74) is -2.25. The molecule has 6 nitrogen and oxygen atoms in total. The first-order valence-electron chi connectivity index (χ1n) is 8.19. The predicted molar refractivity (Wildman–Crippen MR) is 97.6 cm³/mol. The molecule has 1 aromatic heterocycles. The van der Waals surface area contributed by atoms with Gasteiger partial charge in [-0.25, -0.2) is 9.78 Å². The number of anilines is 1. The van der Waals surface area contributed by atoms with Crippen molar-refractivity contribution in [3.63, 3.8) is 0 Å². The quantitative estimate of drug-likeness (QED) is 0.648. The molecule has 28 heavy (non-hydrogen) atoms. The van der Waals surface area contributed by atoms with E-state index in [4.69, 9.17) is 0 Å². The van der Waals surface area contributed by atoms with Crippen LogP contribution >= 0.6 is 11.3 Å². The van der Waals surface area contributed by atoms with Crippen LogP contribution in [-0.2, 0) is 11.3 Å². The summed E-state index contributed by atoms with van der Waals surface area (Å²) in [6.07, 6.45) is -5.08. The minimum absolute atomic E-state index is 0.117. The van der Waals surface area contributed by atoms with Crippen LogP contribution in [0, 0.1) is 0 Å². The van der Waals surface area contributed by atoms with Crippen LogP contribution in [0.2, 0.25) is 0 Å². The lowest BCUT2D eigenvalue weighted by molar-refractivity contribution is -0.188. The van der Waals surface area contributed by atoms with Crippen LogP contribution in [0.3, 0.4) is 0 Å². The molecule has 0 bridgehead atoms. The van der Waals surface area contributed by atoms with E-state index in [1.54, 1.807) is 59.9 Å². The molecular weight excluding hydrogens is 393 g/mol. The Labute approximate surface area is 161 Å². The third kappa shape index (κ3) is 2.95. The van der Waals surface area contributed by atoms with Gasteiger partial charge in [-0.15, -0.1) is 0 Å². The van der Waals surface area contributed by atoms with Crippen molar-refractivity contribution < 1.29 is 22.8 Å². The molecule has 3 amide bonds. The first-order chi connectivity index (χ1) is 13.3. The molecule has 1 fully saturated rings. The molecule has 2 aromatic carbocycles. The topological polar surface area (TPSA) is 74.3 Å². The van der Waals surface area contributed by atoms with Gasteiger partial charge in [-0.2, -0.15) is 13.2 Å². The summed E-state index contributed by atoms with van der Waals surface area (Å²) in [5, 5.41) is 3.81. The maximum Gasteiger partial charge on any atom is 0.440 e. The minimum atomic E-state index is -5.08. The van der Waals surface area contributed by atoms with Crippen molar-refractivity contribution in [1.82, 2.24) is 15.2 Å². The summed E-state index contributed by atoms with van der Waals surface area (Å²) in [6.45, 7) is -0.273. The number of para-hydroxylation sites is 1. The van der Waals surface area contributed by atoms with Crippen molar-refractivity contribution in [1.29, 1.82) is 0 Å². The number of hydrogen-bond donors (Lipinski definition) is 2. The van der Waals surface area contributed by atoms with Gasteiger partial charge in [0.25, 0.3) is 11.6 Å². The number of halogens is 3. The lowest BCUT2D eigenvalue weighted by atomic mass is 10.1. The number of thiazole rings is 1. The Balaban J connectivity index is 1.69. The number of carbonyl (C=O) groups is 2. The smallest absolute Gasteiger partial charge is 0.323 e. The number of amides is 3. The van der Waals surface area contributed by atoms with Gasteiger partial charge in [0.05, 0.1) is 16.8 Å². The molecule has 1 atom stereocenters. The third-order valence-corrected chi connectivity index (χ3v) is 5.25. The van der Waals surface area contributed by atoms with Gasteiger partial charge in [-0.05, 0) is 17.7 Å². The standard InChI is InChI=1S/C18H13F3N4O2S/c19-18(20,21)17(23-15-22-12-8-4-5-9-13(12)28-15)14(26)25(16(27)24-17)10-11-6-2-1-3-7-11/h1-9H,10H2,(H,22,23)(H,24,27)/t17-/m0/s1. The molecule has 0 unspecified atom stereocenters. The molecule has 1 aliphatic rings. The van der Waals surface area contributed by atoms with Gasteiger partial charge < -0.3 is 5.32 Å². The summed E-state index contributed by atoms with van der Waals surface area (Å²) in [6, 6.07) is 14.0. The highest BCUT2D eigenvalue weighted by Crippen LogP contribution is 2.38. The number of alkyl halides is 3. The fourth-order valence-electron chi connectivity index (χ4n) is 2.92. The maximum absolute atomic E-state index is 13.9. The van der Waals surface area contributed by atoms with E-state index in [1.807, 2.05) is 0 Å². The lowest BCUT2D eigenvalue weighted by Crippen LogP contribution is -2.64. The van der Waals surface area contributed by atoms with Gasteiger partial charge in [-0.1, -0.05) is 53.8 Å². The summed E-state index contributed by atoms with van der Waals surface area (Å²) in [4.78, 5) is 29.6. The van der Waals surface area contributed by atoms with E-state index in [9.17, 15) is 22.8 Å². The Bertz CT molecular complexity index is 1020. The first kappa shape index (κ1) is 18.2. The number of fused-ring (bicyclic) bond motifs is 1. The second-order valence-electron chi connectivity index (χ2n) is 6.17. The van der Waals surface area contributed by atoms with Crippen LogP contribution in [0.1, 0.15) is 5.56 Å². The van der Waals surface area contributed by atoms with E-state index in [2.05, 4.69) is 10.3 Å². The zero-order valence-electron chi connectivity index (χ0n) is 14.2. The van der Waals surface area contributed by atoms with E-state index in [1.165, 1.54) is 0 Å². The second kappa shape index (κ2) is 6.48. The molecule has 0 spiro atoms. The number of carbonyl (C=O) groups excluding carboxylic acids is 2. The van der Waals surface area contributed by atoms with Crippen LogP contribution in [0.5, 0.6) is 0 Å². The SMILES string of the molecule is O=C1N[C@](Nc2nc3ccccc3s2)(C(F)(F)F)C(=O)N1Cc1ccccc1. The molecule has 0 aliphatic carbocycles. The largest absolute Gasteiger partial charge is 0.440 e. The highest BCUT2D eigenvalue weighted by Gasteiger charge is 2.68. The molecule has 1 aliphatic heterocycles. The highest BCUT2D eigenvalue weighted by atomic mass is 32.1. The number of benzene rings is 2. The van der Waals surface area contributed by atoms with E-state index < -0.39 is 23.8 Å². The Morgan fingerprint density at radius 2 is 1.75 bits per heavy atom. The Hall–Kier alpha value is -3.14. The van der Waals surface area contributed by atoms with Gasteiger partial charge in [-0.3, -0.25) is 15.0 Å². The van der Waals surface area contributed by atoms with E-state index in [0.717, 1.165) is 11.3 Å². The van der Waals surface area contributed by atoms with Crippen LogP contribution in [0.25, 0.3) is 10.2 Å². The summed E-state index contributed by atoms with van der Waals surface area (Å²) >= 11 is 0.963. The molecule has 10 heteroatoms. The van der Waals surface area contributed by atoms with Gasteiger partial charge in [0, 0.05) is 0 Å². The zero-order chi connectivity index (χ0) is 19.9. The number of nitrogens with zero attached hydrogens (tertiary/aromatic N) is 2. The number of hydrogen-bond acceptors (Lipinski definition) is 5. The fraction of sp³-hybridized carbons (Fsp3) is 0.167. The molecule has 0 radical (unpaired) electrons. The van der Waals surface area contributed by atoms with Crippen LogP contribution in [0.15, 0.2) is 54.6 Å². The van der Waals surface area contributed by atoms with Gasteiger partial charge in [0.15, 0.2) is 5.13 Å². The maximum atomic E-state index is 13.9. The van der Waals surface area contributed by atoms with Crippen LogP contribution in [0.4, 0.5) is 23.1 Å². The number of urea groups is 1. The lowest BCUT2D eigenvalue weighted by Gasteiger charge is -2.29. The predicted octanol–water partition coefficient (Wildman–Crippen LogP) is 3.72. The van der Waals surface area contributed by atoms with Gasteiger partial charge in [0.2, 0.25) is 0 Å². The average molecular weight is 406 g/mol.